The summed E-state index contributed by atoms with van der Waals surface area (Å²) in [5, 5.41) is 5.00. The number of halogens is 3. The van der Waals surface area contributed by atoms with Crippen molar-refractivity contribution >= 4 is 35.0 Å². The third kappa shape index (κ3) is 7.05. The molecule has 0 aliphatic heterocycles. The smallest absolute Gasteiger partial charge is 0.418 e. The van der Waals surface area contributed by atoms with Crippen LogP contribution >= 0.6 is 11.8 Å². The molecule has 3 rings (SSSR count). The Kier molecular flexibility index (Phi) is 7.77. The summed E-state index contributed by atoms with van der Waals surface area (Å²) in [4.78, 5) is 24.8. The molecule has 32 heavy (non-hydrogen) atoms. The molecular weight excluding hydrogens is 441 g/mol. The topological polar surface area (TPSA) is 67.4 Å². The molecule has 0 bridgehead atoms. The monoisotopic (exact) mass is 460 g/mol. The van der Waals surface area contributed by atoms with Gasteiger partial charge in [0.05, 0.1) is 17.0 Å². The van der Waals surface area contributed by atoms with Gasteiger partial charge in [-0.15, -0.1) is 11.8 Å². The Labute approximate surface area is 187 Å². The second-order valence-electron chi connectivity index (χ2n) is 6.55. The SMILES string of the molecule is O=C(COc1ccccc1)Nc1ccc(SCC(=O)Nc2ccccc2C(F)(F)F)cc1. The average Bonchev–Trinajstić information content (AvgIpc) is 2.77. The van der Waals surface area contributed by atoms with Crippen molar-refractivity contribution < 1.29 is 27.5 Å². The molecule has 166 valence electrons. The molecule has 0 heterocycles. The van der Waals surface area contributed by atoms with Gasteiger partial charge in [-0.1, -0.05) is 30.3 Å². The number of nitrogens with one attached hydrogen (secondary N) is 2. The van der Waals surface area contributed by atoms with E-state index < -0.39 is 17.6 Å². The lowest BCUT2D eigenvalue weighted by atomic mass is 10.1. The molecule has 2 N–H and O–H groups in total. The Morgan fingerprint density at radius 2 is 1.47 bits per heavy atom. The molecule has 0 saturated heterocycles. The minimum absolute atomic E-state index is 0.0667. The van der Waals surface area contributed by atoms with Crippen molar-refractivity contribution in [1.29, 1.82) is 0 Å². The highest BCUT2D eigenvalue weighted by molar-refractivity contribution is 8.00. The first-order valence-corrected chi connectivity index (χ1v) is 10.5. The van der Waals surface area contributed by atoms with E-state index in [9.17, 15) is 22.8 Å². The Balaban J connectivity index is 1.47. The van der Waals surface area contributed by atoms with Crippen LogP contribution in [-0.2, 0) is 15.8 Å². The van der Waals surface area contributed by atoms with E-state index in [1.807, 2.05) is 6.07 Å². The molecule has 0 radical (unpaired) electrons. The van der Waals surface area contributed by atoms with Crippen molar-refractivity contribution in [2.75, 3.05) is 23.0 Å². The van der Waals surface area contributed by atoms with Gasteiger partial charge in [0.2, 0.25) is 5.91 Å². The molecule has 0 unspecified atom stereocenters. The van der Waals surface area contributed by atoms with Gasteiger partial charge in [-0.2, -0.15) is 13.2 Å². The van der Waals surface area contributed by atoms with E-state index in [0.717, 1.165) is 11.0 Å². The van der Waals surface area contributed by atoms with Gasteiger partial charge in [0.15, 0.2) is 6.61 Å². The number of para-hydroxylation sites is 2. The fraction of sp³-hybridized carbons (Fsp3) is 0.130. The van der Waals surface area contributed by atoms with Gasteiger partial charge in [-0.25, -0.2) is 0 Å². The van der Waals surface area contributed by atoms with Crippen LogP contribution in [0.25, 0.3) is 0 Å². The van der Waals surface area contributed by atoms with E-state index in [0.29, 0.717) is 11.4 Å². The molecule has 0 aliphatic carbocycles. The maximum atomic E-state index is 13.0. The van der Waals surface area contributed by atoms with Crippen molar-refractivity contribution in [2.24, 2.45) is 0 Å². The van der Waals surface area contributed by atoms with Gasteiger partial charge in [0.1, 0.15) is 5.75 Å². The van der Waals surface area contributed by atoms with Crippen LogP contribution in [-0.4, -0.2) is 24.2 Å². The Bertz CT molecular complexity index is 1060. The number of rotatable bonds is 8. The normalized spacial score (nSPS) is 11.0. The summed E-state index contributed by atoms with van der Waals surface area (Å²) < 4.78 is 44.4. The number of alkyl halides is 3. The van der Waals surface area contributed by atoms with Gasteiger partial charge < -0.3 is 15.4 Å². The first-order chi connectivity index (χ1) is 15.3. The van der Waals surface area contributed by atoms with Crippen LogP contribution in [0.4, 0.5) is 24.5 Å². The summed E-state index contributed by atoms with van der Waals surface area (Å²) >= 11 is 1.17. The minimum Gasteiger partial charge on any atom is -0.484 e. The number of ether oxygens (including phenoxy) is 1. The number of hydrogen-bond donors (Lipinski definition) is 2. The van der Waals surface area contributed by atoms with Crippen molar-refractivity contribution in [3.63, 3.8) is 0 Å². The number of anilines is 2. The minimum atomic E-state index is -4.55. The summed E-state index contributed by atoms with van der Waals surface area (Å²) in [6, 6.07) is 20.5. The molecule has 0 atom stereocenters. The lowest BCUT2D eigenvalue weighted by Crippen LogP contribution is -2.20. The van der Waals surface area contributed by atoms with Gasteiger partial charge in [-0.3, -0.25) is 9.59 Å². The van der Waals surface area contributed by atoms with Crippen molar-refractivity contribution in [3.8, 4) is 5.75 Å². The molecule has 5 nitrogen and oxygen atoms in total. The largest absolute Gasteiger partial charge is 0.484 e. The number of carbonyl (C=O) groups excluding carboxylic acids is 2. The van der Waals surface area contributed by atoms with E-state index in [-0.39, 0.29) is 24.0 Å². The van der Waals surface area contributed by atoms with Gasteiger partial charge in [0, 0.05) is 10.6 Å². The summed E-state index contributed by atoms with van der Waals surface area (Å²) in [5.41, 5.74) is -0.615. The maximum absolute atomic E-state index is 13.0. The maximum Gasteiger partial charge on any atom is 0.418 e. The highest BCUT2D eigenvalue weighted by Gasteiger charge is 2.33. The number of carbonyl (C=O) groups is 2. The number of amides is 2. The third-order valence-corrected chi connectivity index (χ3v) is 5.14. The number of hydrogen-bond acceptors (Lipinski definition) is 4. The first kappa shape index (κ1) is 23.2. The van der Waals surface area contributed by atoms with Gasteiger partial charge in [0.25, 0.3) is 5.91 Å². The first-order valence-electron chi connectivity index (χ1n) is 9.48. The van der Waals surface area contributed by atoms with Crippen LogP contribution in [0.2, 0.25) is 0 Å². The van der Waals surface area contributed by atoms with Crippen LogP contribution in [0, 0.1) is 0 Å². The molecule has 0 aliphatic rings. The zero-order valence-corrected chi connectivity index (χ0v) is 17.5. The van der Waals surface area contributed by atoms with Crippen molar-refractivity contribution in [2.45, 2.75) is 11.1 Å². The lowest BCUT2D eigenvalue weighted by molar-refractivity contribution is -0.137. The number of thioether (sulfide) groups is 1. The van der Waals surface area contributed by atoms with Gasteiger partial charge in [-0.05, 0) is 48.5 Å². The van der Waals surface area contributed by atoms with E-state index >= 15 is 0 Å². The van der Waals surface area contributed by atoms with Crippen LogP contribution in [0.15, 0.2) is 83.8 Å². The van der Waals surface area contributed by atoms with Gasteiger partial charge >= 0.3 is 6.18 Å². The van der Waals surface area contributed by atoms with Crippen LogP contribution in [0.5, 0.6) is 5.75 Å². The molecular formula is C23H19F3N2O3S. The molecule has 0 aromatic heterocycles. The van der Waals surface area contributed by atoms with Crippen LogP contribution in [0.3, 0.4) is 0 Å². The Hall–Kier alpha value is -3.46. The summed E-state index contributed by atoms with van der Waals surface area (Å²) in [6.07, 6.45) is -4.55. The average molecular weight is 460 g/mol. The third-order valence-electron chi connectivity index (χ3n) is 4.13. The zero-order valence-electron chi connectivity index (χ0n) is 16.7. The Morgan fingerprint density at radius 3 is 2.16 bits per heavy atom. The second-order valence-corrected chi connectivity index (χ2v) is 7.60. The molecule has 0 saturated carbocycles. The Morgan fingerprint density at radius 1 is 0.812 bits per heavy atom. The molecule has 2 amide bonds. The zero-order chi connectivity index (χ0) is 23.0. The van der Waals surface area contributed by atoms with Crippen LogP contribution in [0.1, 0.15) is 5.56 Å². The van der Waals surface area contributed by atoms with Crippen molar-refractivity contribution in [1.82, 2.24) is 0 Å². The second kappa shape index (κ2) is 10.7. The summed E-state index contributed by atoms with van der Waals surface area (Å²) in [7, 11) is 0. The van der Waals surface area contributed by atoms with Crippen LogP contribution < -0.4 is 15.4 Å². The predicted molar refractivity (Wildman–Crippen MR) is 118 cm³/mol. The van der Waals surface area contributed by atoms with E-state index in [1.54, 1.807) is 48.5 Å². The van der Waals surface area contributed by atoms with E-state index in [1.165, 1.54) is 30.0 Å². The molecule has 0 spiro atoms. The molecule has 3 aromatic rings. The fourth-order valence-electron chi connectivity index (χ4n) is 2.67. The predicted octanol–water partition coefficient (Wildman–Crippen LogP) is 5.45. The quantitative estimate of drug-likeness (QED) is 0.439. The highest BCUT2D eigenvalue weighted by atomic mass is 32.2. The fourth-order valence-corrected chi connectivity index (χ4v) is 3.37. The lowest BCUT2D eigenvalue weighted by Gasteiger charge is -2.13. The number of benzene rings is 3. The molecule has 0 fully saturated rings. The summed E-state index contributed by atoms with van der Waals surface area (Å²) in [6.45, 7) is -0.139. The highest BCUT2D eigenvalue weighted by Crippen LogP contribution is 2.34. The van der Waals surface area contributed by atoms with E-state index in [2.05, 4.69) is 10.6 Å². The molecule has 3 aromatic carbocycles. The summed E-state index contributed by atoms with van der Waals surface area (Å²) in [5.74, 6) is -0.354. The standard InChI is InChI=1S/C23H19F3N2O3S/c24-23(25,26)19-8-4-5-9-20(19)28-22(30)15-32-18-12-10-16(11-13-18)27-21(29)14-31-17-6-2-1-3-7-17/h1-13H,14-15H2,(H,27,29)(H,28,30). The van der Waals surface area contributed by atoms with E-state index in [4.69, 9.17) is 4.74 Å². The molecule has 9 heteroatoms. The van der Waals surface area contributed by atoms with Crippen molar-refractivity contribution in [3.05, 3.63) is 84.4 Å².